The second-order valence-electron chi connectivity index (χ2n) is 3.26. The first-order valence-electron chi connectivity index (χ1n) is 5.01. The number of rotatable bonds is 5. The molecule has 0 unspecified atom stereocenters. The summed E-state index contributed by atoms with van der Waals surface area (Å²) >= 11 is 1.98. The maximum Gasteiger partial charge on any atom is 1.00 e. The summed E-state index contributed by atoms with van der Waals surface area (Å²) in [5.41, 5.74) is -0.0576. The van der Waals surface area contributed by atoms with E-state index in [-0.39, 0.29) is 48.1 Å². The average Bonchev–Trinajstić information content (AvgIpc) is 2.38. The standard InChI is InChI=1S/C12H11IO6.Na.H/c1-17-6-10(12(16)18-2)19-9-4-3-7(13)5-8(9)11(14)15;;/h3-6H,1-2H3,(H,14,15);;/q;+1;-1. The molecule has 0 radical (unpaired) electrons. The van der Waals surface area contributed by atoms with E-state index in [2.05, 4.69) is 9.47 Å². The van der Waals surface area contributed by atoms with E-state index in [4.69, 9.17) is 9.84 Å². The molecule has 1 aromatic carbocycles. The van der Waals surface area contributed by atoms with Crippen molar-refractivity contribution in [2.45, 2.75) is 0 Å². The molecule has 0 aliphatic carbocycles. The van der Waals surface area contributed by atoms with Crippen LogP contribution in [0, 0.1) is 3.57 Å². The number of hydrogen-bond donors (Lipinski definition) is 1. The van der Waals surface area contributed by atoms with Crippen molar-refractivity contribution in [3.63, 3.8) is 0 Å². The summed E-state index contributed by atoms with van der Waals surface area (Å²) in [5.74, 6) is -2.14. The van der Waals surface area contributed by atoms with Crippen LogP contribution < -0.4 is 34.3 Å². The summed E-state index contributed by atoms with van der Waals surface area (Å²) in [5, 5.41) is 9.08. The molecule has 0 fully saturated rings. The second-order valence-corrected chi connectivity index (χ2v) is 4.50. The zero-order valence-electron chi connectivity index (χ0n) is 12.2. The quantitative estimate of drug-likeness (QED) is 0.227. The van der Waals surface area contributed by atoms with Crippen molar-refractivity contribution >= 4 is 34.5 Å². The maximum atomic E-state index is 11.4. The molecule has 1 aromatic rings. The first kappa shape index (κ1) is 19.2. The average molecular weight is 402 g/mol. The van der Waals surface area contributed by atoms with Crippen LogP contribution in [-0.2, 0) is 14.3 Å². The van der Waals surface area contributed by atoms with Crippen LogP contribution in [-0.4, -0.2) is 31.3 Å². The Morgan fingerprint density at radius 1 is 1.35 bits per heavy atom. The Balaban J connectivity index is 0. The maximum absolute atomic E-state index is 11.4. The van der Waals surface area contributed by atoms with Crippen molar-refractivity contribution < 1.29 is 59.9 Å². The van der Waals surface area contributed by atoms with Gasteiger partial charge >= 0.3 is 41.5 Å². The summed E-state index contributed by atoms with van der Waals surface area (Å²) < 4.78 is 15.2. The van der Waals surface area contributed by atoms with Gasteiger partial charge in [0.25, 0.3) is 0 Å². The fourth-order valence-electron chi connectivity index (χ4n) is 1.20. The number of benzene rings is 1. The van der Waals surface area contributed by atoms with Crippen molar-refractivity contribution in [3.05, 3.63) is 39.4 Å². The van der Waals surface area contributed by atoms with Crippen LogP contribution >= 0.6 is 22.6 Å². The van der Waals surface area contributed by atoms with Gasteiger partial charge in [0.15, 0.2) is 0 Å². The third-order valence-corrected chi connectivity index (χ3v) is 2.67. The molecule has 0 amide bonds. The fourth-order valence-corrected chi connectivity index (χ4v) is 1.69. The summed E-state index contributed by atoms with van der Waals surface area (Å²) in [6.07, 6.45) is 1.04. The molecule has 0 aliphatic rings. The Morgan fingerprint density at radius 3 is 2.50 bits per heavy atom. The van der Waals surface area contributed by atoms with E-state index in [1.165, 1.54) is 26.4 Å². The minimum Gasteiger partial charge on any atom is -1.00 e. The van der Waals surface area contributed by atoms with Crippen LogP contribution in [0.3, 0.4) is 0 Å². The summed E-state index contributed by atoms with van der Waals surface area (Å²) in [4.78, 5) is 22.5. The Kier molecular flexibility index (Phi) is 8.86. The van der Waals surface area contributed by atoms with Crippen LogP contribution in [0.15, 0.2) is 30.2 Å². The van der Waals surface area contributed by atoms with Gasteiger partial charge in [-0.1, -0.05) is 0 Å². The number of carbonyl (C=O) groups excluding carboxylic acids is 1. The molecule has 0 atom stereocenters. The predicted octanol–water partition coefficient (Wildman–Crippen LogP) is -0.854. The molecule has 20 heavy (non-hydrogen) atoms. The largest absolute Gasteiger partial charge is 1.00 e. The molecule has 1 rings (SSSR count). The molecule has 0 aliphatic heterocycles. The second kappa shape index (κ2) is 9.22. The van der Waals surface area contributed by atoms with Crippen LogP contribution in [0.1, 0.15) is 11.8 Å². The van der Waals surface area contributed by atoms with Gasteiger partial charge in [0.2, 0.25) is 5.76 Å². The van der Waals surface area contributed by atoms with Crippen LogP contribution in [0.5, 0.6) is 5.75 Å². The van der Waals surface area contributed by atoms with Gasteiger partial charge in [-0.3, -0.25) is 0 Å². The minimum absolute atomic E-state index is 0. The number of aromatic carboxylic acids is 1. The topological polar surface area (TPSA) is 82.1 Å². The van der Waals surface area contributed by atoms with Crippen molar-refractivity contribution in [2.24, 2.45) is 0 Å². The molecular formula is C12H12INaO6. The molecule has 0 saturated carbocycles. The Bertz CT molecular complexity index is 534. The number of carboxylic acids is 1. The number of esters is 1. The zero-order valence-corrected chi connectivity index (χ0v) is 15.3. The third kappa shape index (κ3) is 5.31. The number of ether oxygens (including phenoxy) is 3. The van der Waals surface area contributed by atoms with Crippen molar-refractivity contribution in [2.75, 3.05) is 14.2 Å². The van der Waals surface area contributed by atoms with E-state index in [1.807, 2.05) is 22.6 Å². The van der Waals surface area contributed by atoms with Gasteiger partial charge in [-0.05, 0) is 40.8 Å². The molecule has 8 heteroatoms. The number of carbonyl (C=O) groups is 2. The van der Waals surface area contributed by atoms with Gasteiger partial charge in [0.05, 0.1) is 14.2 Å². The Hall–Kier alpha value is -0.770. The summed E-state index contributed by atoms with van der Waals surface area (Å²) in [7, 11) is 2.51. The molecule has 0 bridgehead atoms. The van der Waals surface area contributed by atoms with E-state index in [0.29, 0.717) is 0 Å². The van der Waals surface area contributed by atoms with Crippen LogP contribution in [0.4, 0.5) is 0 Å². The van der Waals surface area contributed by atoms with Crippen molar-refractivity contribution in [1.29, 1.82) is 0 Å². The van der Waals surface area contributed by atoms with Gasteiger partial charge in [-0.15, -0.1) is 0 Å². The van der Waals surface area contributed by atoms with Gasteiger partial charge in [0.1, 0.15) is 17.6 Å². The SMILES string of the molecule is COC=C(Oc1ccc(I)cc1C(=O)O)C(=O)OC.[H-].[Na+]. The number of methoxy groups -OCH3 is 2. The Morgan fingerprint density at radius 2 is 2.00 bits per heavy atom. The summed E-state index contributed by atoms with van der Waals surface area (Å²) in [6, 6.07) is 4.54. The van der Waals surface area contributed by atoms with Gasteiger partial charge in [0, 0.05) is 3.57 Å². The number of hydrogen-bond acceptors (Lipinski definition) is 5. The van der Waals surface area contributed by atoms with Gasteiger partial charge < -0.3 is 20.7 Å². The monoisotopic (exact) mass is 402 g/mol. The summed E-state index contributed by atoms with van der Waals surface area (Å²) in [6.45, 7) is 0. The first-order valence-corrected chi connectivity index (χ1v) is 6.09. The van der Waals surface area contributed by atoms with Crippen LogP contribution in [0.25, 0.3) is 0 Å². The van der Waals surface area contributed by atoms with E-state index < -0.39 is 11.9 Å². The molecule has 1 N–H and O–H groups in total. The Labute approximate surface area is 153 Å². The van der Waals surface area contributed by atoms with E-state index in [0.717, 1.165) is 9.83 Å². The number of halogens is 1. The normalized spacial score (nSPS) is 10.2. The van der Waals surface area contributed by atoms with Crippen molar-refractivity contribution in [3.8, 4) is 5.75 Å². The van der Waals surface area contributed by atoms with E-state index in [1.54, 1.807) is 6.07 Å². The predicted molar refractivity (Wildman–Crippen MR) is 75.0 cm³/mol. The molecular weight excluding hydrogens is 390 g/mol. The fraction of sp³-hybridized carbons (Fsp3) is 0.167. The molecule has 6 nitrogen and oxygen atoms in total. The smallest absolute Gasteiger partial charge is 1.00 e. The van der Waals surface area contributed by atoms with E-state index >= 15 is 0 Å². The number of carboxylic acid groups (broad SMARTS) is 1. The van der Waals surface area contributed by atoms with Crippen LogP contribution in [0.2, 0.25) is 0 Å². The molecule has 0 saturated heterocycles. The zero-order chi connectivity index (χ0) is 14.4. The first-order chi connectivity index (χ1) is 8.99. The van der Waals surface area contributed by atoms with Crippen molar-refractivity contribution in [1.82, 2.24) is 0 Å². The molecule has 0 spiro atoms. The van der Waals surface area contributed by atoms with Gasteiger partial charge in [-0.2, -0.15) is 0 Å². The molecule has 0 aromatic heterocycles. The van der Waals surface area contributed by atoms with E-state index in [9.17, 15) is 9.59 Å². The minimum atomic E-state index is -1.16. The van der Waals surface area contributed by atoms with Gasteiger partial charge in [-0.25, -0.2) is 9.59 Å². The molecule has 0 heterocycles. The third-order valence-electron chi connectivity index (χ3n) is 2.00. The molecule has 104 valence electrons.